The summed E-state index contributed by atoms with van der Waals surface area (Å²) in [5.41, 5.74) is 1.58. The first kappa shape index (κ1) is 23.8. The molecule has 30 heavy (non-hydrogen) atoms. The first-order valence-corrected chi connectivity index (χ1v) is 11.5. The number of likely N-dealkylation sites (tertiary alicyclic amines) is 1. The number of rotatable bonds is 5. The normalized spacial score (nSPS) is 25.2. The van der Waals surface area contributed by atoms with E-state index in [-0.39, 0.29) is 29.5 Å². The van der Waals surface area contributed by atoms with Crippen LogP contribution < -0.4 is 5.32 Å². The lowest BCUT2D eigenvalue weighted by Crippen LogP contribution is -2.56. The van der Waals surface area contributed by atoms with Crippen LogP contribution in [0.1, 0.15) is 56.9 Å². The van der Waals surface area contributed by atoms with Crippen LogP contribution in [0.3, 0.4) is 0 Å². The summed E-state index contributed by atoms with van der Waals surface area (Å²) in [6.45, 7) is 9.92. The molecule has 1 N–H and O–H groups in total. The Bertz CT molecular complexity index is 681. The second-order valence-corrected chi connectivity index (χ2v) is 8.93. The molecule has 1 unspecified atom stereocenters. The van der Waals surface area contributed by atoms with Gasteiger partial charge in [-0.25, -0.2) is 0 Å². The molecule has 0 radical (unpaired) electrons. The number of aliphatic imine (C=N–C) groups is 1. The Morgan fingerprint density at radius 2 is 2.00 bits per heavy atom. The number of ether oxygens (including phenoxy) is 1. The molecule has 1 aromatic rings. The summed E-state index contributed by atoms with van der Waals surface area (Å²) in [7, 11) is 2.00. The average molecular weight is 530 g/mol. The van der Waals surface area contributed by atoms with Gasteiger partial charge in [-0.1, -0.05) is 19.3 Å². The maximum Gasteiger partial charge on any atom is 0.194 e. The van der Waals surface area contributed by atoms with Crippen molar-refractivity contribution in [1.82, 2.24) is 24.9 Å². The van der Waals surface area contributed by atoms with E-state index in [1.165, 1.54) is 44.1 Å². The van der Waals surface area contributed by atoms with Crippen LogP contribution >= 0.6 is 24.0 Å². The number of guanidine groups is 1. The number of aryl methyl sites for hydroxylation is 1. The Hall–Kier alpha value is -0.870. The van der Waals surface area contributed by atoms with Crippen LogP contribution in [-0.4, -0.2) is 83.6 Å². The van der Waals surface area contributed by atoms with E-state index in [2.05, 4.69) is 33.3 Å². The molecule has 1 saturated carbocycles. The molecule has 7 nitrogen and oxygen atoms in total. The van der Waals surface area contributed by atoms with E-state index in [4.69, 9.17) is 9.73 Å². The molecule has 0 aromatic carbocycles. The molecule has 0 amide bonds. The Morgan fingerprint density at radius 1 is 1.23 bits per heavy atom. The highest BCUT2D eigenvalue weighted by molar-refractivity contribution is 14.0. The highest BCUT2D eigenvalue weighted by Gasteiger charge is 2.39. The van der Waals surface area contributed by atoms with Gasteiger partial charge in [-0.15, -0.1) is 24.0 Å². The van der Waals surface area contributed by atoms with Crippen LogP contribution in [0, 0.1) is 0 Å². The van der Waals surface area contributed by atoms with E-state index >= 15 is 0 Å². The van der Waals surface area contributed by atoms with Gasteiger partial charge in [0.25, 0.3) is 0 Å². The largest absolute Gasteiger partial charge is 0.379 e. The van der Waals surface area contributed by atoms with Gasteiger partial charge in [-0.3, -0.25) is 14.6 Å². The zero-order valence-electron chi connectivity index (χ0n) is 18.7. The fourth-order valence-electron chi connectivity index (χ4n) is 5.35. The van der Waals surface area contributed by atoms with E-state index in [0.717, 1.165) is 58.4 Å². The number of nitrogens with zero attached hydrogens (tertiary/aromatic N) is 5. The van der Waals surface area contributed by atoms with Crippen LogP contribution in [0.15, 0.2) is 17.4 Å². The summed E-state index contributed by atoms with van der Waals surface area (Å²) in [5.74, 6) is 1.65. The molecule has 1 atom stereocenters. The second-order valence-electron chi connectivity index (χ2n) is 8.93. The highest BCUT2D eigenvalue weighted by Crippen LogP contribution is 2.35. The summed E-state index contributed by atoms with van der Waals surface area (Å²) in [5, 5.41) is 7.94. The fraction of sp³-hybridized carbons (Fsp3) is 0.818. The molecule has 0 spiro atoms. The number of aromatic nitrogens is 2. The number of morpholine rings is 1. The van der Waals surface area contributed by atoms with Gasteiger partial charge in [0.05, 0.1) is 26.0 Å². The van der Waals surface area contributed by atoms with E-state index in [1.807, 2.05) is 17.9 Å². The number of nitrogens with one attached hydrogen (secondary N) is 1. The van der Waals surface area contributed by atoms with Gasteiger partial charge in [-0.05, 0) is 31.7 Å². The molecule has 2 saturated heterocycles. The predicted molar refractivity (Wildman–Crippen MR) is 132 cm³/mol. The molecule has 1 aliphatic carbocycles. The summed E-state index contributed by atoms with van der Waals surface area (Å²) >= 11 is 0. The van der Waals surface area contributed by atoms with Crippen LogP contribution in [0.4, 0.5) is 0 Å². The lowest BCUT2D eigenvalue weighted by atomic mass is 9.80. The molecular formula is C22H39IN6O. The molecular weight excluding hydrogens is 491 g/mol. The topological polar surface area (TPSA) is 57.9 Å². The summed E-state index contributed by atoms with van der Waals surface area (Å²) in [6.07, 6.45) is 11.9. The zero-order valence-corrected chi connectivity index (χ0v) is 21.0. The molecule has 3 aliphatic rings. The lowest BCUT2D eigenvalue weighted by Gasteiger charge is -2.47. The number of halogens is 1. The van der Waals surface area contributed by atoms with E-state index in [9.17, 15) is 0 Å². The fourth-order valence-corrected chi connectivity index (χ4v) is 5.35. The van der Waals surface area contributed by atoms with Gasteiger partial charge in [-0.2, -0.15) is 5.10 Å². The van der Waals surface area contributed by atoms with Gasteiger partial charge < -0.3 is 15.0 Å². The number of hydrogen-bond donors (Lipinski definition) is 1. The van der Waals surface area contributed by atoms with E-state index in [1.54, 1.807) is 0 Å². The smallest absolute Gasteiger partial charge is 0.194 e. The molecule has 3 fully saturated rings. The van der Waals surface area contributed by atoms with Crippen molar-refractivity contribution in [2.75, 3.05) is 52.5 Å². The van der Waals surface area contributed by atoms with Gasteiger partial charge in [0, 0.05) is 57.4 Å². The summed E-state index contributed by atoms with van der Waals surface area (Å²) in [4.78, 5) is 10.4. The molecule has 3 heterocycles. The maximum absolute atomic E-state index is 5.63. The van der Waals surface area contributed by atoms with Gasteiger partial charge >= 0.3 is 0 Å². The quantitative estimate of drug-likeness (QED) is 0.361. The van der Waals surface area contributed by atoms with E-state index in [0.29, 0.717) is 5.92 Å². The minimum atomic E-state index is 0. The second kappa shape index (κ2) is 11.1. The maximum atomic E-state index is 5.63. The van der Waals surface area contributed by atoms with Gasteiger partial charge in [0.15, 0.2) is 5.96 Å². The van der Waals surface area contributed by atoms with Crippen LogP contribution in [-0.2, 0) is 11.8 Å². The first-order valence-electron chi connectivity index (χ1n) is 11.5. The van der Waals surface area contributed by atoms with Gasteiger partial charge in [0.1, 0.15) is 0 Å². The average Bonchev–Trinajstić information content (AvgIpc) is 3.42. The summed E-state index contributed by atoms with van der Waals surface area (Å²) < 4.78 is 7.54. The molecule has 8 heteroatoms. The molecule has 170 valence electrons. The van der Waals surface area contributed by atoms with Crippen LogP contribution in [0.25, 0.3) is 0 Å². The lowest BCUT2D eigenvalue weighted by molar-refractivity contribution is -0.0334. The molecule has 4 rings (SSSR count). The number of hydrogen-bond acceptors (Lipinski definition) is 4. The van der Waals surface area contributed by atoms with Crippen LogP contribution in [0.2, 0.25) is 0 Å². The first-order chi connectivity index (χ1) is 14.2. The standard InChI is InChI=1S/C22H38N6O.HI/c1-3-23-21(27-10-7-19(17-27)20-15-25-26(2)16-20)24-18-22(8-5-4-6-9-22)28-11-13-29-14-12-28;/h15-16,19H,3-14,17-18H2,1-2H3,(H,23,24);1H. The Morgan fingerprint density at radius 3 is 2.67 bits per heavy atom. The molecule has 2 aliphatic heterocycles. The van der Waals surface area contributed by atoms with Gasteiger partial charge in [0.2, 0.25) is 0 Å². The van der Waals surface area contributed by atoms with E-state index < -0.39 is 0 Å². The van der Waals surface area contributed by atoms with Crippen LogP contribution in [0.5, 0.6) is 0 Å². The SMILES string of the molecule is CCNC(=NCC1(N2CCOCC2)CCCCC1)N1CCC(c2cnn(C)c2)C1.I. The van der Waals surface area contributed by atoms with Crippen molar-refractivity contribution in [1.29, 1.82) is 0 Å². The van der Waals surface area contributed by atoms with Crippen molar-refractivity contribution in [3.63, 3.8) is 0 Å². The summed E-state index contributed by atoms with van der Waals surface area (Å²) in [6, 6.07) is 0. The Labute approximate surface area is 198 Å². The Kier molecular flexibility index (Phi) is 8.82. The van der Waals surface area contributed by atoms with Crippen molar-refractivity contribution < 1.29 is 4.74 Å². The zero-order chi connectivity index (χ0) is 20.1. The molecule has 1 aromatic heterocycles. The van der Waals surface area contributed by atoms with Crippen molar-refractivity contribution in [3.8, 4) is 0 Å². The molecule has 0 bridgehead atoms. The highest BCUT2D eigenvalue weighted by atomic mass is 127. The third-order valence-corrected chi connectivity index (χ3v) is 7.01. The predicted octanol–water partition coefficient (Wildman–Crippen LogP) is 2.83. The van der Waals surface area contributed by atoms with Crippen molar-refractivity contribution >= 4 is 29.9 Å². The van der Waals surface area contributed by atoms with Crippen molar-refractivity contribution in [2.24, 2.45) is 12.0 Å². The monoisotopic (exact) mass is 530 g/mol. The minimum Gasteiger partial charge on any atom is -0.379 e. The minimum absolute atomic E-state index is 0. The van der Waals surface area contributed by atoms with Crippen molar-refractivity contribution in [2.45, 2.75) is 56.9 Å². The Balaban J connectivity index is 0.00000256. The third-order valence-electron chi connectivity index (χ3n) is 7.01. The van der Waals surface area contributed by atoms with Crippen molar-refractivity contribution in [3.05, 3.63) is 18.0 Å². The third kappa shape index (κ3) is 5.48.